The zero-order valence-corrected chi connectivity index (χ0v) is 19.4. The van der Waals surface area contributed by atoms with Crippen LogP contribution < -0.4 is 4.74 Å². The first-order chi connectivity index (χ1) is 16.1. The molecule has 0 aliphatic carbocycles. The van der Waals surface area contributed by atoms with Crippen molar-refractivity contribution in [2.24, 2.45) is 0 Å². The summed E-state index contributed by atoms with van der Waals surface area (Å²) in [5.41, 5.74) is 1.64. The fourth-order valence-corrected chi connectivity index (χ4v) is 5.07. The van der Waals surface area contributed by atoms with Crippen LogP contribution in [0.5, 0.6) is 5.75 Å². The van der Waals surface area contributed by atoms with Crippen molar-refractivity contribution in [2.45, 2.75) is 25.8 Å². The first-order valence-electron chi connectivity index (χ1n) is 11.1. The summed E-state index contributed by atoms with van der Waals surface area (Å²) in [7, 11) is 0. The molecule has 0 N–H and O–H groups in total. The van der Waals surface area contributed by atoms with E-state index in [1.165, 1.54) is 17.0 Å². The van der Waals surface area contributed by atoms with Gasteiger partial charge in [0.15, 0.2) is 0 Å². The Hall–Kier alpha value is -3.19. The number of fused-ring (bicyclic) bond motifs is 1. The highest BCUT2D eigenvalue weighted by Crippen LogP contribution is 2.34. The molecular formula is C26H27FN2O3S. The summed E-state index contributed by atoms with van der Waals surface area (Å²) in [5, 5.41) is 2.02. The number of carbonyl (C=O) groups is 2. The van der Waals surface area contributed by atoms with Gasteiger partial charge < -0.3 is 14.5 Å². The van der Waals surface area contributed by atoms with Gasteiger partial charge in [0.2, 0.25) is 5.91 Å². The number of nitrogens with zero attached hydrogens (tertiary/aromatic N) is 2. The number of hydrogen-bond acceptors (Lipinski definition) is 4. The summed E-state index contributed by atoms with van der Waals surface area (Å²) in [5.74, 6) is -0.199. The number of ether oxygens (including phenoxy) is 1. The summed E-state index contributed by atoms with van der Waals surface area (Å²) in [6.07, 6.45) is 1.53. The average Bonchev–Trinajstić information content (AvgIpc) is 3.31. The lowest BCUT2D eigenvalue weighted by Crippen LogP contribution is -2.48. The first-order valence-corrected chi connectivity index (χ1v) is 12.0. The lowest BCUT2D eigenvalue weighted by molar-refractivity contribution is -0.135. The summed E-state index contributed by atoms with van der Waals surface area (Å²) >= 11 is 1.67. The number of carbonyl (C=O) groups excluding carboxylic acids is 2. The molecule has 1 unspecified atom stereocenters. The van der Waals surface area contributed by atoms with Gasteiger partial charge in [-0.1, -0.05) is 31.2 Å². The fourth-order valence-electron chi connectivity index (χ4n) is 4.15. The fraction of sp³-hybridized carbons (Fsp3) is 0.308. The predicted molar refractivity (Wildman–Crippen MR) is 127 cm³/mol. The standard InChI is InChI=1S/C26H27FN2O3S/c1-2-13-28(26(31)19-7-4-3-5-8-19)17-25(30)29-14-11-24-22(12-15-33-24)23(29)18-32-21-10-6-9-20(27)16-21/h3-10,12,15-16,23H,2,11,13-14,17-18H2,1H3. The minimum atomic E-state index is -0.366. The maximum absolute atomic E-state index is 13.6. The van der Waals surface area contributed by atoms with Crippen LogP contribution in [0.1, 0.15) is 40.2 Å². The average molecular weight is 467 g/mol. The Bertz CT molecular complexity index is 1100. The normalized spacial score (nSPS) is 15.1. The Labute approximate surface area is 197 Å². The van der Waals surface area contributed by atoms with Crippen LogP contribution in [-0.4, -0.2) is 47.9 Å². The Morgan fingerprint density at radius 1 is 1.15 bits per heavy atom. The van der Waals surface area contributed by atoms with E-state index in [1.807, 2.05) is 36.6 Å². The van der Waals surface area contributed by atoms with E-state index in [-0.39, 0.29) is 36.8 Å². The van der Waals surface area contributed by atoms with Crippen LogP contribution in [0.15, 0.2) is 66.0 Å². The second-order valence-electron chi connectivity index (χ2n) is 8.01. The predicted octanol–water partition coefficient (Wildman–Crippen LogP) is 4.94. The van der Waals surface area contributed by atoms with Gasteiger partial charge >= 0.3 is 0 Å². The van der Waals surface area contributed by atoms with Gasteiger partial charge in [-0.05, 0) is 54.1 Å². The second-order valence-corrected chi connectivity index (χ2v) is 9.01. The molecule has 0 fully saturated rings. The van der Waals surface area contributed by atoms with Crippen molar-refractivity contribution in [1.82, 2.24) is 9.80 Å². The van der Waals surface area contributed by atoms with Gasteiger partial charge in [0.25, 0.3) is 5.91 Å². The molecule has 1 aliphatic heterocycles. The van der Waals surface area contributed by atoms with Crippen molar-refractivity contribution in [3.8, 4) is 5.75 Å². The van der Waals surface area contributed by atoms with E-state index in [1.54, 1.807) is 45.4 Å². The van der Waals surface area contributed by atoms with E-state index in [0.717, 1.165) is 18.4 Å². The molecule has 0 saturated heterocycles. The molecule has 33 heavy (non-hydrogen) atoms. The zero-order valence-electron chi connectivity index (χ0n) is 18.6. The highest BCUT2D eigenvalue weighted by Gasteiger charge is 2.33. The van der Waals surface area contributed by atoms with E-state index in [9.17, 15) is 14.0 Å². The lowest BCUT2D eigenvalue weighted by Gasteiger charge is -2.37. The van der Waals surface area contributed by atoms with Crippen LogP contribution in [-0.2, 0) is 11.2 Å². The molecule has 1 aliphatic rings. The van der Waals surface area contributed by atoms with Crippen molar-refractivity contribution in [2.75, 3.05) is 26.2 Å². The first kappa shape index (κ1) is 23.0. The zero-order chi connectivity index (χ0) is 23.2. The Balaban J connectivity index is 1.52. The van der Waals surface area contributed by atoms with Crippen LogP contribution in [0, 0.1) is 5.82 Å². The van der Waals surface area contributed by atoms with Gasteiger partial charge in [0.1, 0.15) is 24.7 Å². The molecule has 172 valence electrons. The number of rotatable bonds is 8. The van der Waals surface area contributed by atoms with Crippen molar-refractivity contribution in [3.63, 3.8) is 0 Å². The molecule has 1 atom stereocenters. The molecule has 3 aromatic rings. The molecule has 0 bridgehead atoms. The number of benzene rings is 2. The smallest absolute Gasteiger partial charge is 0.254 e. The van der Waals surface area contributed by atoms with E-state index < -0.39 is 0 Å². The Morgan fingerprint density at radius 2 is 1.97 bits per heavy atom. The summed E-state index contributed by atoms with van der Waals surface area (Å²) in [6, 6.07) is 16.8. The molecule has 2 aromatic carbocycles. The molecule has 7 heteroatoms. The van der Waals surface area contributed by atoms with Crippen LogP contribution in [0.4, 0.5) is 4.39 Å². The quantitative estimate of drug-likeness (QED) is 0.472. The third kappa shape index (κ3) is 5.42. The summed E-state index contributed by atoms with van der Waals surface area (Å²) < 4.78 is 19.5. The molecule has 0 spiro atoms. The number of halogens is 1. The number of amides is 2. The van der Waals surface area contributed by atoms with Gasteiger partial charge in [0, 0.05) is 29.6 Å². The van der Waals surface area contributed by atoms with Crippen molar-refractivity contribution >= 4 is 23.2 Å². The lowest BCUT2D eigenvalue weighted by atomic mass is 10.0. The molecule has 2 amide bonds. The number of thiophene rings is 1. The van der Waals surface area contributed by atoms with Gasteiger partial charge in [-0.15, -0.1) is 11.3 Å². The Morgan fingerprint density at radius 3 is 2.73 bits per heavy atom. The monoisotopic (exact) mass is 466 g/mol. The van der Waals surface area contributed by atoms with Crippen molar-refractivity contribution in [1.29, 1.82) is 0 Å². The van der Waals surface area contributed by atoms with E-state index >= 15 is 0 Å². The van der Waals surface area contributed by atoms with E-state index in [4.69, 9.17) is 4.74 Å². The molecular weight excluding hydrogens is 439 g/mol. The van der Waals surface area contributed by atoms with Gasteiger partial charge in [-0.3, -0.25) is 9.59 Å². The topological polar surface area (TPSA) is 49.9 Å². The SMILES string of the molecule is CCCN(CC(=O)N1CCc2sccc2C1COc1cccc(F)c1)C(=O)c1ccccc1. The van der Waals surface area contributed by atoms with Crippen molar-refractivity contribution < 1.29 is 18.7 Å². The van der Waals surface area contributed by atoms with E-state index in [2.05, 4.69) is 0 Å². The maximum atomic E-state index is 13.6. The number of hydrogen-bond donors (Lipinski definition) is 0. The second kappa shape index (κ2) is 10.6. The van der Waals surface area contributed by atoms with E-state index in [0.29, 0.717) is 24.4 Å². The minimum absolute atomic E-state index is 0.0114. The highest BCUT2D eigenvalue weighted by atomic mass is 32.1. The third-order valence-electron chi connectivity index (χ3n) is 5.75. The van der Waals surface area contributed by atoms with Gasteiger partial charge in [0.05, 0.1) is 6.04 Å². The molecule has 2 heterocycles. The van der Waals surface area contributed by atoms with Crippen LogP contribution >= 0.6 is 11.3 Å². The Kier molecular flexibility index (Phi) is 7.40. The van der Waals surface area contributed by atoms with Crippen LogP contribution in [0.2, 0.25) is 0 Å². The van der Waals surface area contributed by atoms with Gasteiger partial charge in [-0.25, -0.2) is 4.39 Å². The molecule has 1 aromatic heterocycles. The summed E-state index contributed by atoms with van der Waals surface area (Å²) in [4.78, 5) is 31.1. The molecule has 0 saturated carbocycles. The third-order valence-corrected chi connectivity index (χ3v) is 6.74. The van der Waals surface area contributed by atoms with Gasteiger partial charge in [-0.2, -0.15) is 0 Å². The maximum Gasteiger partial charge on any atom is 0.254 e. The van der Waals surface area contributed by atoms with Crippen LogP contribution in [0.3, 0.4) is 0 Å². The molecule has 4 rings (SSSR count). The van der Waals surface area contributed by atoms with Crippen molar-refractivity contribution in [3.05, 3.63) is 87.9 Å². The largest absolute Gasteiger partial charge is 0.491 e. The summed E-state index contributed by atoms with van der Waals surface area (Å²) in [6.45, 7) is 3.28. The minimum Gasteiger partial charge on any atom is -0.491 e. The van der Waals surface area contributed by atoms with Crippen LogP contribution in [0.25, 0.3) is 0 Å². The highest BCUT2D eigenvalue weighted by molar-refractivity contribution is 7.10. The molecule has 0 radical (unpaired) electrons. The molecule has 5 nitrogen and oxygen atoms in total.